The molecule has 1 saturated heterocycles. The summed E-state index contributed by atoms with van der Waals surface area (Å²) >= 11 is 0. The van der Waals surface area contributed by atoms with E-state index in [1.165, 1.54) is 32.5 Å². The zero-order valence-electron chi connectivity index (χ0n) is 14.4. The van der Waals surface area contributed by atoms with Gasteiger partial charge in [0, 0.05) is 20.1 Å². The molecular weight excluding hydrogens is 288 g/mol. The molecule has 0 radical (unpaired) electrons. The Morgan fingerprint density at radius 1 is 1.30 bits per heavy atom. The molecule has 2 rings (SSSR count). The average molecular weight is 318 g/mol. The molecule has 2 N–H and O–H groups in total. The largest absolute Gasteiger partial charge is 0.492 e. The molecule has 1 fully saturated rings. The van der Waals surface area contributed by atoms with Crippen LogP contribution in [-0.2, 0) is 0 Å². The fraction of sp³-hybridized carbons (Fsp3) is 0.611. The molecule has 1 aliphatic heterocycles. The highest BCUT2D eigenvalue weighted by molar-refractivity contribution is 5.79. The lowest BCUT2D eigenvalue weighted by atomic mass is 10.1. The molecule has 0 spiro atoms. The van der Waals surface area contributed by atoms with Gasteiger partial charge in [0.15, 0.2) is 5.96 Å². The van der Waals surface area contributed by atoms with Crippen molar-refractivity contribution in [2.45, 2.75) is 19.8 Å². The number of ether oxygens (including phenoxy) is 1. The molecule has 0 bridgehead atoms. The predicted octanol–water partition coefficient (Wildman–Crippen LogP) is 1.96. The van der Waals surface area contributed by atoms with Gasteiger partial charge in [0.25, 0.3) is 0 Å². The van der Waals surface area contributed by atoms with E-state index in [0.29, 0.717) is 6.61 Å². The van der Waals surface area contributed by atoms with Crippen molar-refractivity contribution in [3.63, 3.8) is 0 Å². The smallest absolute Gasteiger partial charge is 0.191 e. The number of guanidine groups is 1. The molecule has 5 heteroatoms. The Bertz CT molecular complexity index is 463. The maximum absolute atomic E-state index is 5.67. The summed E-state index contributed by atoms with van der Waals surface area (Å²) in [5.74, 6) is 2.48. The summed E-state index contributed by atoms with van der Waals surface area (Å²) in [6.07, 6.45) is 2.52. The molecule has 1 heterocycles. The van der Waals surface area contributed by atoms with Crippen LogP contribution in [0.5, 0.6) is 5.75 Å². The van der Waals surface area contributed by atoms with Crippen LogP contribution in [-0.4, -0.2) is 57.2 Å². The molecule has 128 valence electrons. The molecule has 1 aromatic carbocycles. The zero-order chi connectivity index (χ0) is 16.3. The van der Waals surface area contributed by atoms with Crippen LogP contribution in [0.25, 0.3) is 0 Å². The van der Waals surface area contributed by atoms with E-state index in [4.69, 9.17) is 4.74 Å². The highest BCUT2D eigenvalue weighted by Crippen LogP contribution is 2.15. The maximum atomic E-state index is 5.67. The standard InChI is InChI=1S/C18H30N4O/c1-3-11-22-12-9-16(15-22)14-21-18(19-2)20-10-13-23-17-7-5-4-6-8-17/h4-8,16H,3,9-15H2,1-2H3,(H2,19,20,21). The Kier molecular flexibility index (Phi) is 7.73. The number of nitrogens with zero attached hydrogens (tertiary/aromatic N) is 2. The van der Waals surface area contributed by atoms with Gasteiger partial charge in [0.2, 0.25) is 0 Å². The van der Waals surface area contributed by atoms with Gasteiger partial charge in [0.05, 0.1) is 6.54 Å². The predicted molar refractivity (Wildman–Crippen MR) is 96.1 cm³/mol. The van der Waals surface area contributed by atoms with E-state index in [1.54, 1.807) is 0 Å². The summed E-state index contributed by atoms with van der Waals surface area (Å²) in [5, 5.41) is 6.73. The zero-order valence-corrected chi connectivity index (χ0v) is 14.4. The summed E-state index contributed by atoms with van der Waals surface area (Å²) in [5.41, 5.74) is 0. The summed E-state index contributed by atoms with van der Waals surface area (Å²) in [4.78, 5) is 6.83. The summed E-state index contributed by atoms with van der Waals surface area (Å²) < 4.78 is 5.67. The number of rotatable bonds is 8. The van der Waals surface area contributed by atoms with Crippen molar-refractivity contribution in [1.82, 2.24) is 15.5 Å². The fourth-order valence-electron chi connectivity index (χ4n) is 2.92. The number of para-hydroxylation sites is 1. The molecule has 5 nitrogen and oxygen atoms in total. The van der Waals surface area contributed by atoms with Gasteiger partial charge in [-0.1, -0.05) is 25.1 Å². The second kappa shape index (κ2) is 10.1. The van der Waals surface area contributed by atoms with E-state index < -0.39 is 0 Å². The third kappa shape index (κ3) is 6.48. The Hall–Kier alpha value is -1.75. The maximum Gasteiger partial charge on any atom is 0.191 e. The number of hydrogen-bond donors (Lipinski definition) is 2. The second-order valence-corrected chi connectivity index (χ2v) is 6.00. The van der Waals surface area contributed by atoms with E-state index >= 15 is 0 Å². The van der Waals surface area contributed by atoms with Crippen LogP contribution in [0.15, 0.2) is 35.3 Å². The SMILES string of the molecule is CCCN1CCC(CNC(=NC)NCCOc2ccccc2)C1. The molecule has 1 unspecified atom stereocenters. The first-order chi connectivity index (χ1) is 11.3. The first kappa shape index (κ1) is 17.6. The Morgan fingerprint density at radius 2 is 2.13 bits per heavy atom. The fourth-order valence-corrected chi connectivity index (χ4v) is 2.92. The molecule has 23 heavy (non-hydrogen) atoms. The average Bonchev–Trinajstić information content (AvgIpc) is 3.03. The molecule has 0 aliphatic carbocycles. The van der Waals surface area contributed by atoms with E-state index in [-0.39, 0.29) is 0 Å². The van der Waals surface area contributed by atoms with Gasteiger partial charge in [-0.25, -0.2) is 0 Å². The Balaban J connectivity index is 1.59. The van der Waals surface area contributed by atoms with Crippen LogP contribution in [0, 0.1) is 5.92 Å². The third-order valence-corrected chi connectivity index (χ3v) is 4.10. The number of benzene rings is 1. The lowest BCUT2D eigenvalue weighted by molar-refractivity contribution is 0.320. The molecule has 1 aromatic rings. The van der Waals surface area contributed by atoms with Crippen LogP contribution in [0.4, 0.5) is 0 Å². The third-order valence-electron chi connectivity index (χ3n) is 4.10. The Labute approximate surface area is 140 Å². The molecule has 0 amide bonds. The summed E-state index contributed by atoms with van der Waals surface area (Å²) in [7, 11) is 1.81. The van der Waals surface area contributed by atoms with E-state index in [1.807, 2.05) is 37.4 Å². The topological polar surface area (TPSA) is 48.9 Å². The van der Waals surface area contributed by atoms with Crippen molar-refractivity contribution in [3.8, 4) is 5.75 Å². The number of nitrogens with one attached hydrogen (secondary N) is 2. The van der Waals surface area contributed by atoms with Gasteiger partial charge in [-0.15, -0.1) is 0 Å². The summed E-state index contributed by atoms with van der Waals surface area (Å²) in [6, 6.07) is 9.88. The van der Waals surface area contributed by atoms with Crippen LogP contribution >= 0.6 is 0 Å². The molecular formula is C18H30N4O. The summed E-state index contributed by atoms with van der Waals surface area (Å²) in [6.45, 7) is 8.25. The van der Waals surface area contributed by atoms with Crippen molar-refractivity contribution < 1.29 is 4.74 Å². The van der Waals surface area contributed by atoms with E-state index in [9.17, 15) is 0 Å². The van der Waals surface area contributed by atoms with Gasteiger partial charge in [-0.3, -0.25) is 4.99 Å². The minimum atomic E-state index is 0.623. The first-order valence-electron chi connectivity index (χ1n) is 8.66. The number of aliphatic imine (C=N–C) groups is 1. The van der Waals surface area contributed by atoms with Crippen LogP contribution in [0.2, 0.25) is 0 Å². The highest BCUT2D eigenvalue weighted by atomic mass is 16.5. The van der Waals surface area contributed by atoms with Gasteiger partial charge in [-0.2, -0.15) is 0 Å². The van der Waals surface area contributed by atoms with Crippen molar-refractivity contribution in [1.29, 1.82) is 0 Å². The van der Waals surface area contributed by atoms with Crippen molar-refractivity contribution >= 4 is 5.96 Å². The van der Waals surface area contributed by atoms with Crippen molar-refractivity contribution in [3.05, 3.63) is 30.3 Å². The van der Waals surface area contributed by atoms with E-state index in [2.05, 4.69) is 27.4 Å². The first-order valence-corrected chi connectivity index (χ1v) is 8.66. The lowest BCUT2D eigenvalue weighted by Crippen LogP contribution is -2.41. The molecule has 0 saturated carbocycles. The van der Waals surface area contributed by atoms with Crippen LogP contribution in [0.1, 0.15) is 19.8 Å². The minimum absolute atomic E-state index is 0.623. The molecule has 0 aromatic heterocycles. The quantitative estimate of drug-likeness (QED) is 0.437. The monoisotopic (exact) mass is 318 g/mol. The van der Waals surface area contributed by atoms with Crippen LogP contribution in [0.3, 0.4) is 0 Å². The van der Waals surface area contributed by atoms with Crippen molar-refractivity contribution in [2.75, 3.05) is 46.4 Å². The second-order valence-electron chi connectivity index (χ2n) is 6.00. The van der Waals surface area contributed by atoms with Crippen molar-refractivity contribution in [2.24, 2.45) is 10.9 Å². The van der Waals surface area contributed by atoms with Gasteiger partial charge >= 0.3 is 0 Å². The lowest BCUT2D eigenvalue weighted by Gasteiger charge is -2.17. The van der Waals surface area contributed by atoms with Gasteiger partial charge in [-0.05, 0) is 44.0 Å². The van der Waals surface area contributed by atoms with Gasteiger partial charge < -0.3 is 20.3 Å². The van der Waals surface area contributed by atoms with Gasteiger partial charge in [0.1, 0.15) is 12.4 Å². The van der Waals surface area contributed by atoms with Crippen LogP contribution < -0.4 is 15.4 Å². The minimum Gasteiger partial charge on any atom is -0.492 e. The molecule has 1 atom stereocenters. The number of hydrogen-bond acceptors (Lipinski definition) is 3. The molecule has 1 aliphatic rings. The normalized spacial score (nSPS) is 18.9. The number of likely N-dealkylation sites (tertiary alicyclic amines) is 1. The Morgan fingerprint density at radius 3 is 2.87 bits per heavy atom. The van der Waals surface area contributed by atoms with E-state index in [0.717, 1.165) is 30.7 Å². The highest BCUT2D eigenvalue weighted by Gasteiger charge is 2.21.